The Morgan fingerprint density at radius 2 is 1.40 bits per heavy atom. The van der Waals surface area contributed by atoms with Crippen molar-refractivity contribution in [2.75, 3.05) is 4.90 Å². The second-order valence-electron chi connectivity index (χ2n) is 8.44. The summed E-state index contributed by atoms with van der Waals surface area (Å²) in [6.45, 7) is 2.16. The van der Waals surface area contributed by atoms with Gasteiger partial charge in [-0.15, -0.1) is 0 Å². The van der Waals surface area contributed by atoms with Crippen molar-refractivity contribution >= 4 is 40.1 Å². The summed E-state index contributed by atoms with van der Waals surface area (Å²) in [6, 6.07) is 24.6. The molecule has 30 heavy (non-hydrogen) atoms. The molecule has 2 bridgehead atoms. The first-order chi connectivity index (χ1) is 14.6. The van der Waals surface area contributed by atoms with Crippen LogP contribution in [0.2, 0.25) is 0 Å². The highest BCUT2D eigenvalue weighted by molar-refractivity contribution is 14.1. The summed E-state index contributed by atoms with van der Waals surface area (Å²) < 4.78 is 0.920. The third kappa shape index (κ3) is 2.01. The maximum Gasteiger partial charge on any atom is 0.239 e. The smallest absolute Gasteiger partial charge is 0.239 e. The van der Waals surface area contributed by atoms with Crippen molar-refractivity contribution in [1.29, 1.82) is 0 Å². The van der Waals surface area contributed by atoms with E-state index < -0.39 is 5.41 Å². The van der Waals surface area contributed by atoms with E-state index in [9.17, 15) is 9.59 Å². The van der Waals surface area contributed by atoms with Crippen LogP contribution in [-0.4, -0.2) is 11.8 Å². The Labute approximate surface area is 189 Å². The Bertz CT molecular complexity index is 1190. The molecule has 0 radical (unpaired) electrons. The summed E-state index contributed by atoms with van der Waals surface area (Å²) in [6.07, 6.45) is 0.785. The van der Waals surface area contributed by atoms with E-state index >= 15 is 0 Å². The van der Waals surface area contributed by atoms with Gasteiger partial charge in [-0.1, -0.05) is 67.6 Å². The fourth-order valence-corrected chi connectivity index (χ4v) is 7.03. The summed E-state index contributed by atoms with van der Waals surface area (Å²) in [5.41, 5.74) is 5.12. The first kappa shape index (κ1) is 18.3. The van der Waals surface area contributed by atoms with Crippen LogP contribution in [0.15, 0.2) is 72.8 Å². The highest BCUT2D eigenvalue weighted by atomic mass is 127. The van der Waals surface area contributed by atoms with E-state index in [1.54, 1.807) is 0 Å². The SMILES string of the molecule is CCC12c3ccccc3C(c3ccccc31)[C@@H]1C(=O)N(c3ccccc3I)C(=O)[C@@H]12. The van der Waals surface area contributed by atoms with Gasteiger partial charge in [-0.25, -0.2) is 4.90 Å². The van der Waals surface area contributed by atoms with Gasteiger partial charge in [0.1, 0.15) is 0 Å². The predicted octanol–water partition coefficient (Wildman–Crippen LogP) is 5.25. The number of rotatable bonds is 2. The maximum absolute atomic E-state index is 14.0. The van der Waals surface area contributed by atoms with Gasteiger partial charge in [0.25, 0.3) is 0 Å². The minimum atomic E-state index is -0.464. The Morgan fingerprint density at radius 3 is 2.00 bits per heavy atom. The summed E-state index contributed by atoms with van der Waals surface area (Å²) in [5, 5.41) is 0. The van der Waals surface area contributed by atoms with Crippen LogP contribution < -0.4 is 4.90 Å². The molecular weight excluding hydrogens is 485 g/mol. The molecule has 1 saturated heterocycles. The molecule has 3 aromatic carbocycles. The molecule has 148 valence electrons. The summed E-state index contributed by atoms with van der Waals surface area (Å²) in [7, 11) is 0. The first-order valence-corrected chi connectivity index (χ1v) is 11.5. The third-order valence-corrected chi connectivity index (χ3v) is 8.36. The van der Waals surface area contributed by atoms with Crippen LogP contribution in [0.1, 0.15) is 41.5 Å². The zero-order valence-corrected chi connectivity index (χ0v) is 18.7. The molecular formula is C26H20INO2. The van der Waals surface area contributed by atoms with Gasteiger partial charge in [-0.05, 0) is 63.4 Å². The van der Waals surface area contributed by atoms with E-state index in [0.717, 1.165) is 9.99 Å². The topological polar surface area (TPSA) is 37.4 Å². The molecule has 2 amide bonds. The second-order valence-corrected chi connectivity index (χ2v) is 9.61. The first-order valence-electron chi connectivity index (χ1n) is 10.4. The number of carbonyl (C=O) groups is 2. The van der Waals surface area contributed by atoms with Gasteiger partial charge >= 0.3 is 0 Å². The molecule has 7 rings (SSSR count). The number of hydrogen-bond donors (Lipinski definition) is 0. The van der Waals surface area contributed by atoms with Gasteiger partial charge < -0.3 is 0 Å². The van der Waals surface area contributed by atoms with Gasteiger partial charge in [-0.2, -0.15) is 0 Å². The van der Waals surface area contributed by atoms with Crippen LogP contribution >= 0.6 is 22.6 Å². The van der Waals surface area contributed by atoms with Crippen molar-refractivity contribution in [3.05, 3.63) is 98.6 Å². The Hall–Kier alpha value is -2.47. The van der Waals surface area contributed by atoms with Gasteiger partial charge in [-0.3, -0.25) is 9.59 Å². The monoisotopic (exact) mass is 505 g/mol. The van der Waals surface area contributed by atoms with E-state index in [4.69, 9.17) is 0 Å². The molecule has 1 heterocycles. The van der Waals surface area contributed by atoms with Gasteiger partial charge in [0.05, 0.1) is 17.5 Å². The number of imide groups is 1. The number of benzene rings is 3. The lowest BCUT2D eigenvalue weighted by Gasteiger charge is -2.54. The molecule has 0 spiro atoms. The van der Waals surface area contributed by atoms with Crippen LogP contribution in [0.4, 0.5) is 5.69 Å². The number of nitrogens with zero attached hydrogens (tertiary/aromatic N) is 1. The van der Waals surface area contributed by atoms with Crippen molar-refractivity contribution in [3.63, 3.8) is 0 Å². The maximum atomic E-state index is 14.0. The average Bonchev–Trinajstić information content (AvgIpc) is 3.05. The van der Waals surface area contributed by atoms with Crippen molar-refractivity contribution in [1.82, 2.24) is 0 Å². The van der Waals surface area contributed by atoms with Crippen LogP contribution in [0, 0.1) is 15.4 Å². The van der Waals surface area contributed by atoms with E-state index in [0.29, 0.717) is 5.69 Å². The largest absolute Gasteiger partial charge is 0.274 e. The number of hydrogen-bond acceptors (Lipinski definition) is 2. The predicted molar refractivity (Wildman–Crippen MR) is 124 cm³/mol. The average molecular weight is 505 g/mol. The highest BCUT2D eigenvalue weighted by Gasteiger charge is 2.67. The van der Waals surface area contributed by atoms with Crippen LogP contribution in [0.3, 0.4) is 0 Å². The second kappa shape index (κ2) is 6.27. The Balaban J connectivity index is 1.66. The number of halogens is 1. The molecule has 0 aromatic heterocycles. The zero-order valence-electron chi connectivity index (χ0n) is 16.5. The Morgan fingerprint density at radius 1 is 0.833 bits per heavy atom. The van der Waals surface area contributed by atoms with Crippen LogP contribution in [-0.2, 0) is 15.0 Å². The van der Waals surface area contributed by atoms with E-state index in [-0.39, 0.29) is 29.6 Å². The quantitative estimate of drug-likeness (QED) is 0.353. The fraction of sp³-hybridized carbons (Fsp3) is 0.231. The van der Waals surface area contributed by atoms with E-state index in [1.165, 1.54) is 27.2 Å². The van der Waals surface area contributed by atoms with Gasteiger partial charge in [0.2, 0.25) is 11.8 Å². The third-order valence-electron chi connectivity index (χ3n) is 7.45. The van der Waals surface area contributed by atoms with E-state index in [1.807, 2.05) is 24.3 Å². The molecule has 0 N–H and O–H groups in total. The normalized spacial score (nSPS) is 28.3. The number of amides is 2. The van der Waals surface area contributed by atoms with Crippen LogP contribution in [0.5, 0.6) is 0 Å². The van der Waals surface area contributed by atoms with E-state index in [2.05, 4.69) is 78.0 Å². The molecule has 1 fully saturated rings. The molecule has 4 aliphatic rings. The molecule has 1 aliphatic heterocycles. The lowest BCUT2D eigenvalue weighted by molar-refractivity contribution is -0.123. The lowest BCUT2D eigenvalue weighted by Crippen LogP contribution is -2.53. The standard InChI is InChI=1S/C26H20INO2/c1-2-26-17-11-5-3-9-15(17)21(16-10-4-6-12-18(16)26)22-23(26)25(30)28(24(22)29)20-14-8-7-13-19(20)27/h3-14,21-23H,2H2,1H3/t21?,22-,23+,26?/m0/s1. The Kier molecular flexibility index (Phi) is 3.82. The summed E-state index contributed by atoms with van der Waals surface area (Å²) >= 11 is 2.22. The lowest BCUT2D eigenvalue weighted by atomic mass is 9.46. The fourth-order valence-electron chi connectivity index (χ4n) is 6.40. The highest BCUT2D eigenvalue weighted by Crippen LogP contribution is 2.65. The van der Waals surface area contributed by atoms with Crippen molar-refractivity contribution in [2.45, 2.75) is 24.7 Å². The van der Waals surface area contributed by atoms with Crippen LogP contribution in [0.25, 0.3) is 0 Å². The van der Waals surface area contributed by atoms with Gasteiger partial charge in [0, 0.05) is 14.9 Å². The number of carbonyl (C=O) groups excluding carboxylic acids is 2. The summed E-state index contributed by atoms with van der Waals surface area (Å²) in [4.78, 5) is 29.3. The number of anilines is 1. The molecule has 3 nitrogen and oxygen atoms in total. The zero-order chi connectivity index (χ0) is 20.6. The van der Waals surface area contributed by atoms with Gasteiger partial charge in [0.15, 0.2) is 0 Å². The summed E-state index contributed by atoms with van der Waals surface area (Å²) in [5.74, 6) is -0.886. The minimum absolute atomic E-state index is 0.0510. The molecule has 3 aromatic rings. The van der Waals surface area contributed by atoms with Crippen molar-refractivity contribution in [2.24, 2.45) is 11.8 Å². The molecule has 4 heteroatoms. The molecule has 0 saturated carbocycles. The molecule has 0 unspecified atom stereocenters. The van der Waals surface area contributed by atoms with Crippen molar-refractivity contribution in [3.8, 4) is 0 Å². The minimum Gasteiger partial charge on any atom is -0.274 e. The van der Waals surface area contributed by atoms with Crippen molar-refractivity contribution < 1.29 is 9.59 Å². The molecule has 2 atom stereocenters. The molecule has 3 aliphatic carbocycles. The number of para-hydroxylation sites is 1.